The number of hydrogen-bond acceptors (Lipinski definition) is 3. The fourth-order valence-electron chi connectivity index (χ4n) is 1.27. The van der Waals surface area contributed by atoms with Gasteiger partial charge in [-0.2, -0.15) is 4.98 Å². The summed E-state index contributed by atoms with van der Waals surface area (Å²) in [5.74, 6) is 0.699. The predicted molar refractivity (Wildman–Crippen MR) is 53.0 cm³/mol. The lowest BCUT2D eigenvalue weighted by molar-refractivity contribution is 0.781. The molecule has 0 aliphatic rings. The van der Waals surface area contributed by atoms with Crippen molar-refractivity contribution in [1.29, 1.82) is 0 Å². The molecule has 4 nitrogen and oxygen atoms in total. The van der Waals surface area contributed by atoms with E-state index in [0.717, 1.165) is 18.4 Å². The second-order valence-electron chi connectivity index (χ2n) is 3.01. The smallest absolute Gasteiger partial charge is 0.349 e. The molecule has 0 bridgehead atoms. The van der Waals surface area contributed by atoms with Gasteiger partial charge in [0.05, 0.1) is 0 Å². The van der Waals surface area contributed by atoms with Crippen LogP contribution in [0.25, 0.3) is 0 Å². The molecule has 1 aromatic rings. The first-order chi connectivity index (χ1) is 6.19. The van der Waals surface area contributed by atoms with Crippen molar-refractivity contribution in [3.63, 3.8) is 0 Å². The Morgan fingerprint density at radius 2 is 2.31 bits per heavy atom. The molecule has 1 heterocycles. The summed E-state index contributed by atoms with van der Waals surface area (Å²) in [7, 11) is 3.49. The van der Waals surface area contributed by atoms with Crippen LogP contribution in [-0.4, -0.2) is 16.6 Å². The van der Waals surface area contributed by atoms with E-state index in [4.69, 9.17) is 0 Å². The fourth-order valence-corrected chi connectivity index (χ4v) is 1.27. The van der Waals surface area contributed by atoms with Crippen LogP contribution in [0.1, 0.15) is 18.9 Å². The summed E-state index contributed by atoms with van der Waals surface area (Å²) in [6.07, 6.45) is 3.83. The number of nitrogens with one attached hydrogen (secondary N) is 1. The van der Waals surface area contributed by atoms with E-state index >= 15 is 0 Å². The lowest BCUT2D eigenvalue weighted by Crippen LogP contribution is -2.22. The summed E-state index contributed by atoms with van der Waals surface area (Å²) in [6.45, 7) is 2.10. The first-order valence-electron chi connectivity index (χ1n) is 4.43. The zero-order chi connectivity index (χ0) is 9.84. The molecule has 0 amide bonds. The van der Waals surface area contributed by atoms with Gasteiger partial charge in [0, 0.05) is 25.9 Å². The van der Waals surface area contributed by atoms with Gasteiger partial charge in [-0.1, -0.05) is 13.3 Å². The summed E-state index contributed by atoms with van der Waals surface area (Å²) in [6, 6.07) is 0. The van der Waals surface area contributed by atoms with E-state index in [9.17, 15) is 4.79 Å². The molecule has 4 heteroatoms. The van der Waals surface area contributed by atoms with Crippen molar-refractivity contribution in [3.05, 3.63) is 22.2 Å². The van der Waals surface area contributed by atoms with Crippen molar-refractivity contribution in [2.45, 2.75) is 19.8 Å². The van der Waals surface area contributed by atoms with Crippen LogP contribution in [0.5, 0.6) is 0 Å². The van der Waals surface area contributed by atoms with Crippen molar-refractivity contribution in [2.75, 3.05) is 12.4 Å². The maximum absolute atomic E-state index is 11.2. The molecular weight excluding hydrogens is 166 g/mol. The quantitative estimate of drug-likeness (QED) is 0.749. The third-order valence-corrected chi connectivity index (χ3v) is 1.92. The molecule has 13 heavy (non-hydrogen) atoms. The average Bonchev–Trinajstić information content (AvgIpc) is 2.11. The Morgan fingerprint density at radius 1 is 1.62 bits per heavy atom. The molecule has 0 aromatic carbocycles. The van der Waals surface area contributed by atoms with Crippen molar-refractivity contribution < 1.29 is 0 Å². The zero-order valence-electron chi connectivity index (χ0n) is 8.29. The van der Waals surface area contributed by atoms with Crippen LogP contribution in [-0.2, 0) is 13.5 Å². The van der Waals surface area contributed by atoms with Gasteiger partial charge in [-0.15, -0.1) is 0 Å². The van der Waals surface area contributed by atoms with Gasteiger partial charge in [0.15, 0.2) is 0 Å². The number of hydrogen-bond donors (Lipinski definition) is 1. The van der Waals surface area contributed by atoms with Crippen molar-refractivity contribution in [3.8, 4) is 0 Å². The van der Waals surface area contributed by atoms with Crippen molar-refractivity contribution in [2.24, 2.45) is 7.05 Å². The Balaban J connectivity index is 3.16. The second kappa shape index (κ2) is 4.07. The highest BCUT2D eigenvalue weighted by Crippen LogP contribution is 2.10. The Morgan fingerprint density at radius 3 is 2.85 bits per heavy atom. The van der Waals surface area contributed by atoms with E-state index in [1.165, 1.54) is 4.57 Å². The molecule has 72 valence electrons. The van der Waals surface area contributed by atoms with Crippen LogP contribution in [0, 0.1) is 0 Å². The molecule has 0 unspecified atom stereocenters. The van der Waals surface area contributed by atoms with Crippen LogP contribution >= 0.6 is 0 Å². The van der Waals surface area contributed by atoms with Crippen LogP contribution in [0.2, 0.25) is 0 Å². The first kappa shape index (κ1) is 9.77. The zero-order valence-corrected chi connectivity index (χ0v) is 8.29. The molecule has 0 saturated carbocycles. The number of rotatable bonds is 3. The molecule has 1 rings (SSSR count). The van der Waals surface area contributed by atoms with Gasteiger partial charge in [-0.25, -0.2) is 4.79 Å². The summed E-state index contributed by atoms with van der Waals surface area (Å²) >= 11 is 0. The minimum atomic E-state index is -0.218. The van der Waals surface area contributed by atoms with Gasteiger partial charge in [0.1, 0.15) is 5.82 Å². The molecule has 0 aliphatic carbocycles. The fraction of sp³-hybridized carbons (Fsp3) is 0.556. The van der Waals surface area contributed by atoms with E-state index in [1.54, 1.807) is 14.1 Å². The third-order valence-electron chi connectivity index (χ3n) is 1.92. The van der Waals surface area contributed by atoms with Gasteiger partial charge >= 0.3 is 5.69 Å². The topological polar surface area (TPSA) is 46.9 Å². The molecule has 0 aliphatic heterocycles. The van der Waals surface area contributed by atoms with Crippen LogP contribution in [0.4, 0.5) is 5.82 Å². The lowest BCUT2D eigenvalue weighted by atomic mass is 10.2. The van der Waals surface area contributed by atoms with Crippen LogP contribution in [0.3, 0.4) is 0 Å². The lowest BCUT2D eigenvalue weighted by Gasteiger charge is -2.07. The molecule has 1 aromatic heterocycles. The minimum absolute atomic E-state index is 0.218. The Kier molecular flexibility index (Phi) is 3.06. The molecule has 0 fully saturated rings. The Hall–Kier alpha value is -1.32. The molecule has 0 radical (unpaired) electrons. The number of nitrogens with zero attached hydrogens (tertiary/aromatic N) is 2. The molecule has 0 atom stereocenters. The van der Waals surface area contributed by atoms with Gasteiger partial charge in [-0.3, -0.25) is 0 Å². The molecule has 1 N–H and O–H groups in total. The van der Waals surface area contributed by atoms with E-state index in [-0.39, 0.29) is 5.69 Å². The van der Waals surface area contributed by atoms with Gasteiger partial charge in [0.25, 0.3) is 0 Å². The van der Waals surface area contributed by atoms with Crippen LogP contribution < -0.4 is 11.0 Å². The second-order valence-corrected chi connectivity index (χ2v) is 3.01. The summed E-state index contributed by atoms with van der Waals surface area (Å²) < 4.78 is 1.51. The van der Waals surface area contributed by atoms with E-state index in [1.807, 2.05) is 6.20 Å². The number of anilines is 1. The monoisotopic (exact) mass is 181 g/mol. The minimum Gasteiger partial charge on any atom is -0.373 e. The molecule has 0 spiro atoms. The van der Waals surface area contributed by atoms with Gasteiger partial charge < -0.3 is 9.88 Å². The van der Waals surface area contributed by atoms with Gasteiger partial charge in [0.2, 0.25) is 0 Å². The molecular formula is C9H15N3O. The highest BCUT2D eigenvalue weighted by Gasteiger charge is 2.03. The Labute approximate surface area is 77.6 Å². The summed E-state index contributed by atoms with van der Waals surface area (Å²) in [4.78, 5) is 15.1. The normalized spacial score (nSPS) is 10.1. The molecule has 0 saturated heterocycles. The third kappa shape index (κ3) is 2.08. The predicted octanol–water partition coefficient (Wildman–Crippen LogP) is 0.774. The highest BCUT2D eigenvalue weighted by molar-refractivity contribution is 5.41. The number of aromatic nitrogens is 2. The Bertz CT molecular complexity index is 343. The maximum atomic E-state index is 11.2. The SMILES string of the molecule is CCCc1cn(C)c(=O)nc1NC. The first-order valence-corrected chi connectivity index (χ1v) is 4.43. The van der Waals surface area contributed by atoms with Crippen molar-refractivity contribution >= 4 is 5.82 Å². The van der Waals surface area contributed by atoms with Crippen LogP contribution in [0.15, 0.2) is 11.0 Å². The standard InChI is InChI=1S/C9H15N3O/c1-4-5-7-6-12(3)9(13)11-8(7)10-2/h6H,4-5H2,1-3H3,(H,10,11,13). The van der Waals surface area contributed by atoms with E-state index in [0.29, 0.717) is 5.82 Å². The highest BCUT2D eigenvalue weighted by atomic mass is 16.1. The van der Waals surface area contributed by atoms with E-state index < -0.39 is 0 Å². The average molecular weight is 181 g/mol. The van der Waals surface area contributed by atoms with Crippen molar-refractivity contribution in [1.82, 2.24) is 9.55 Å². The number of aryl methyl sites for hydroxylation is 2. The summed E-state index contributed by atoms with van der Waals surface area (Å²) in [5, 5.41) is 2.92. The largest absolute Gasteiger partial charge is 0.373 e. The van der Waals surface area contributed by atoms with Gasteiger partial charge in [-0.05, 0) is 6.42 Å². The van der Waals surface area contributed by atoms with E-state index in [2.05, 4.69) is 17.2 Å². The summed E-state index contributed by atoms with van der Waals surface area (Å²) in [5.41, 5.74) is 0.872. The maximum Gasteiger partial charge on any atom is 0.349 e.